The van der Waals surface area contributed by atoms with Crippen molar-refractivity contribution < 1.29 is 27.3 Å². The van der Waals surface area contributed by atoms with Crippen LogP contribution in [0.4, 0.5) is 3.89 Å². The van der Waals surface area contributed by atoms with Crippen LogP contribution >= 0.6 is 0 Å². The van der Waals surface area contributed by atoms with Crippen molar-refractivity contribution in [2.75, 3.05) is 32.4 Å². The molecule has 188 valence electrons. The van der Waals surface area contributed by atoms with Crippen LogP contribution in [0.2, 0.25) is 0 Å². The van der Waals surface area contributed by atoms with Crippen LogP contribution in [0, 0.1) is 0 Å². The van der Waals surface area contributed by atoms with Crippen LogP contribution in [-0.2, 0) is 22.1 Å². The monoisotopic (exact) mass is 494 g/mol. The lowest BCUT2D eigenvalue weighted by atomic mass is 9.48. The third-order valence-corrected chi connectivity index (χ3v) is 9.65. The predicted octanol–water partition coefficient (Wildman–Crippen LogP) is 2.50. The number of likely N-dealkylation sites (tertiary alicyclic amines) is 1. The number of halogens is 1. The van der Waals surface area contributed by atoms with Crippen LogP contribution in [0.15, 0.2) is 24.8 Å². The number of piperidine rings is 1. The standard InChI is InChI=1S/C25H35FN2O5S/c1-3-12-28-14-11-24-21-17-7-8-19(29)22(21)33-23(24)18(9-10-25(24,30)20(28)16-17)27(2)13-5-4-6-15-34(26,31)32/h3,7-8,18,20,23,29-30H,1,4-6,9-16H2,2H3/t18-,20?,23?,24+,25-/m1/s1. The summed E-state index contributed by atoms with van der Waals surface area (Å²) in [5.74, 6) is 0.234. The minimum Gasteiger partial charge on any atom is -0.504 e. The van der Waals surface area contributed by atoms with Gasteiger partial charge in [0.2, 0.25) is 0 Å². The van der Waals surface area contributed by atoms with Crippen molar-refractivity contribution in [2.45, 2.75) is 74.1 Å². The maximum atomic E-state index is 12.8. The fraction of sp³-hybridized carbons (Fsp3) is 0.680. The molecule has 34 heavy (non-hydrogen) atoms. The number of phenolic OH excluding ortho intramolecular Hbond substituents is 1. The van der Waals surface area contributed by atoms with Crippen molar-refractivity contribution in [3.8, 4) is 11.5 Å². The van der Waals surface area contributed by atoms with E-state index in [2.05, 4.69) is 16.4 Å². The zero-order valence-corrected chi connectivity index (χ0v) is 20.6. The minimum atomic E-state index is -4.42. The Hall–Kier alpha value is -1.68. The van der Waals surface area contributed by atoms with E-state index in [0.29, 0.717) is 25.0 Å². The van der Waals surface area contributed by atoms with Gasteiger partial charge in [0.1, 0.15) is 6.10 Å². The topological polar surface area (TPSA) is 90.3 Å². The lowest BCUT2D eigenvalue weighted by Crippen LogP contribution is -2.78. The van der Waals surface area contributed by atoms with E-state index in [0.717, 1.165) is 56.4 Å². The van der Waals surface area contributed by atoms with Crippen molar-refractivity contribution >= 4 is 10.2 Å². The average Bonchev–Trinajstić information content (AvgIpc) is 3.12. The van der Waals surface area contributed by atoms with Gasteiger partial charge in [0.15, 0.2) is 11.5 Å². The molecule has 0 aromatic heterocycles. The number of likely N-dealkylation sites (N-methyl/N-ethyl adjacent to an activating group) is 1. The van der Waals surface area contributed by atoms with Crippen LogP contribution < -0.4 is 4.74 Å². The Labute approximate surface area is 201 Å². The molecule has 7 nitrogen and oxygen atoms in total. The molecule has 9 heteroatoms. The van der Waals surface area contributed by atoms with E-state index in [-0.39, 0.29) is 23.9 Å². The molecule has 2 unspecified atom stereocenters. The Bertz CT molecular complexity index is 1080. The molecule has 5 atom stereocenters. The maximum absolute atomic E-state index is 12.8. The molecule has 2 aliphatic heterocycles. The van der Waals surface area contributed by atoms with Crippen LogP contribution in [0.5, 0.6) is 11.5 Å². The van der Waals surface area contributed by atoms with E-state index in [1.54, 1.807) is 6.07 Å². The maximum Gasteiger partial charge on any atom is 0.302 e. The number of aromatic hydroxyl groups is 1. The Balaban J connectivity index is 1.43. The molecule has 1 aromatic carbocycles. The number of hydrogen-bond donors (Lipinski definition) is 2. The van der Waals surface area contributed by atoms with Gasteiger partial charge in [0.25, 0.3) is 0 Å². The van der Waals surface area contributed by atoms with Crippen molar-refractivity contribution in [1.29, 1.82) is 0 Å². The number of ether oxygens (including phenoxy) is 1. The van der Waals surface area contributed by atoms with Crippen molar-refractivity contribution in [1.82, 2.24) is 9.80 Å². The van der Waals surface area contributed by atoms with Gasteiger partial charge in [-0.05, 0) is 70.3 Å². The summed E-state index contributed by atoms with van der Waals surface area (Å²) in [6.45, 7) is 6.21. The summed E-state index contributed by atoms with van der Waals surface area (Å²) < 4.78 is 40.8. The lowest BCUT2D eigenvalue weighted by molar-refractivity contribution is -0.197. The molecule has 2 heterocycles. The number of phenols is 1. The highest BCUT2D eigenvalue weighted by molar-refractivity contribution is 7.86. The molecule has 0 radical (unpaired) electrons. The largest absolute Gasteiger partial charge is 0.504 e. The molecule has 1 saturated carbocycles. The van der Waals surface area contributed by atoms with Crippen molar-refractivity contribution in [3.63, 3.8) is 0 Å². The van der Waals surface area contributed by atoms with Crippen LogP contribution in [0.25, 0.3) is 0 Å². The van der Waals surface area contributed by atoms with Gasteiger partial charge < -0.3 is 14.9 Å². The molecular formula is C25H35FN2O5S. The third kappa shape index (κ3) is 3.50. The highest BCUT2D eigenvalue weighted by Gasteiger charge is 2.73. The summed E-state index contributed by atoms with van der Waals surface area (Å²) in [6.07, 6.45) is 6.20. The number of aliphatic hydroxyl groups is 1. The Morgan fingerprint density at radius 3 is 2.85 bits per heavy atom. The quantitative estimate of drug-likeness (QED) is 0.310. The normalized spacial score (nSPS) is 34.1. The summed E-state index contributed by atoms with van der Waals surface area (Å²) in [4.78, 5) is 4.58. The van der Waals surface area contributed by atoms with Gasteiger partial charge in [-0.1, -0.05) is 18.6 Å². The lowest BCUT2D eigenvalue weighted by Gasteiger charge is -2.64. The molecule has 5 rings (SSSR count). The molecule has 2 N–H and O–H groups in total. The van der Waals surface area contributed by atoms with Gasteiger partial charge in [-0.2, -0.15) is 8.42 Å². The smallest absolute Gasteiger partial charge is 0.302 e. The summed E-state index contributed by atoms with van der Waals surface area (Å²) in [7, 11) is -2.38. The van der Waals surface area contributed by atoms with E-state index in [1.807, 2.05) is 19.2 Å². The van der Waals surface area contributed by atoms with Gasteiger partial charge in [-0.3, -0.25) is 9.80 Å². The number of hydrogen-bond acceptors (Lipinski definition) is 7. The van der Waals surface area contributed by atoms with E-state index in [9.17, 15) is 22.5 Å². The van der Waals surface area contributed by atoms with Gasteiger partial charge in [-0.15, -0.1) is 10.5 Å². The number of nitrogens with zero attached hydrogens (tertiary/aromatic N) is 2. The zero-order chi connectivity index (χ0) is 24.3. The fourth-order valence-electron chi connectivity index (χ4n) is 7.42. The van der Waals surface area contributed by atoms with E-state index in [4.69, 9.17) is 4.74 Å². The molecule has 2 bridgehead atoms. The molecule has 1 aromatic rings. The first-order chi connectivity index (χ1) is 16.1. The minimum absolute atomic E-state index is 0.0257. The zero-order valence-electron chi connectivity index (χ0n) is 19.7. The number of rotatable bonds is 9. The molecule has 1 saturated heterocycles. The summed E-state index contributed by atoms with van der Waals surface area (Å²) in [5, 5.41) is 23.1. The molecule has 2 aliphatic carbocycles. The van der Waals surface area contributed by atoms with E-state index in [1.165, 1.54) is 0 Å². The SMILES string of the molecule is C=CCN1CC[C@]23c4c5ccc(O)c4OC2[C@H](N(C)CCCCCS(=O)(=O)F)CC[C@@]3(O)C1C5. The van der Waals surface area contributed by atoms with Crippen molar-refractivity contribution in [2.24, 2.45) is 0 Å². The molecule has 2 fully saturated rings. The van der Waals surface area contributed by atoms with Crippen molar-refractivity contribution in [3.05, 3.63) is 35.9 Å². The Morgan fingerprint density at radius 2 is 2.12 bits per heavy atom. The first kappa shape index (κ1) is 24.0. The highest BCUT2D eigenvalue weighted by Crippen LogP contribution is 2.65. The second-order valence-electron chi connectivity index (χ2n) is 10.5. The van der Waals surface area contributed by atoms with Gasteiger partial charge >= 0.3 is 10.2 Å². The summed E-state index contributed by atoms with van der Waals surface area (Å²) >= 11 is 0. The number of unbranched alkanes of at least 4 members (excludes halogenated alkanes) is 2. The fourth-order valence-corrected chi connectivity index (χ4v) is 7.97. The Morgan fingerprint density at radius 1 is 1.32 bits per heavy atom. The molecule has 4 aliphatic rings. The first-order valence-corrected chi connectivity index (χ1v) is 13.9. The first-order valence-electron chi connectivity index (χ1n) is 12.3. The van der Waals surface area contributed by atoms with Crippen LogP contribution in [0.3, 0.4) is 0 Å². The number of benzene rings is 1. The van der Waals surface area contributed by atoms with Gasteiger partial charge in [0.05, 0.1) is 16.8 Å². The summed E-state index contributed by atoms with van der Waals surface area (Å²) in [5.41, 5.74) is 0.629. The third-order valence-electron chi connectivity index (χ3n) is 8.87. The second kappa shape index (κ2) is 8.47. The highest BCUT2D eigenvalue weighted by atomic mass is 32.3. The molecule has 0 amide bonds. The van der Waals surface area contributed by atoms with Gasteiger partial charge in [0, 0.05) is 24.2 Å². The van der Waals surface area contributed by atoms with Gasteiger partial charge in [-0.25, -0.2) is 0 Å². The molecular weight excluding hydrogens is 459 g/mol. The summed E-state index contributed by atoms with van der Waals surface area (Å²) in [6, 6.07) is 3.71. The van der Waals surface area contributed by atoms with E-state index >= 15 is 0 Å². The Kier molecular flexibility index (Phi) is 5.98. The van der Waals surface area contributed by atoms with E-state index < -0.39 is 27.0 Å². The second-order valence-corrected chi connectivity index (χ2v) is 12.0. The predicted molar refractivity (Wildman–Crippen MR) is 127 cm³/mol. The van der Waals surface area contributed by atoms with Crippen LogP contribution in [-0.4, -0.2) is 84.7 Å². The molecule has 1 spiro atoms. The van der Waals surface area contributed by atoms with Crippen LogP contribution in [0.1, 0.15) is 49.7 Å². The average molecular weight is 495 g/mol.